The van der Waals surface area contributed by atoms with Crippen LogP contribution in [0.1, 0.15) is 49.4 Å². The number of pyridine rings is 1. The van der Waals surface area contributed by atoms with Crippen LogP contribution in [0.15, 0.2) is 42.6 Å². The molecule has 2 aliphatic rings. The van der Waals surface area contributed by atoms with Crippen LogP contribution in [0.3, 0.4) is 0 Å². The third-order valence-electron chi connectivity index (χ3n) is 7.28. The van der Waals surface area contributed by atoms with Crippen LogP contribution in [0.2, 0.25) is 0 Å². The van der Waals surface area contributed by atoms with Crippen LogP contribution in [-0.2, 0) is 18.3 Å². The number of nitrogens with zero attached hydrogens (tertiary/aromatic N) is 6. The van der Waals surface area contributed by atoms with Crippen molar-refractivity contribution in [1.29, 1.82) is 0 Å². The molecule has 1 aliphatic carbocycles. The summed E-state index contributed by atoms with van der Waals surface area (Å²) >= 11 is 0. The minimum absolute atomic E-state index is 0.0214. The molecule has 2 aromatic heterocycles. The molecule has 3 aromatic rings. The molecule has 9 heteroatoms. The molecule has 0 fully saturated rings. The van der Waals surface area contributed by atoms with Gasteiger partial charge in [-0.1, -0.05) is 32.9 Å². The van der Waals surface area contributed by atoms with E-state index in [-0.39, 0.29) is 6.61 Å². The molecule has 2 unspecified atom stereocenters. The molecule has 0 amide bonds. The van der Waals surface area contributed by atoms with E-state index in [0.29, 0.717) is 35.7 Å². The Hall–Kier alpha value is -3.11. The van der Waals surface area contributed by atoms with E-state index in [1.165, 1.54) is 11.1 Å². The Morgan fingerprint density at radius 1 is 1.11 bits per heavy atom. The number of hydrazine groups is 1. The van der Waals surface area contributed by atoms with E-state index in [1.54, 1.807) is 11.2 Å². The molecule has 3 N–H and O–H groups in total. The van der Waals surface area contributed by atoms with Gasteiger partial charge < -0.3 is 20.4 Å². The van der Waals surface area contributed by atoms with Crippen molar-refractivity contribution in [3.8, 4) is 0 Å². The Balaban J connectivity index is 1.47. The fourth-order valence-electron chi connectivity index (χ4n) is 4.91. The summed E-state index contributed by atoms with van der Waals surface area (Å²) in [6, 6.07) is 12.7. The maximum Gasteiger partial charge on any atom is 0.229 e. The summed E-state index contributed by atoms with van der Waals surface area (Å²) in [6.07, 6.45) is 2.89. The molecule has 0 bridgehead atoms. The number of anilines is 4. The first-order valence-electron chi connectivity index (χ1n) is 12.5. The Morgan fingerprint density at radius 2 is 1.89 bits per heavy atom. The van der Waals surface area contributed by atoms with Crippen LogP contribution in [0.4, 0.5) is 23.3 Å². The maximum absolute atomic E-state index is 11.0. The largest absolute Gasteiger partial charge is 0.395 e. The average Bonchev–Trinajstić information content (AvgIpc) is 3.42. The first kappa shape index (κ1) is 24.6. The highest BCUT2D eigenvalue weighted by Crippen LogP contribution is 2.42. The molecule has 2 atom stereocenters. The standard InChI is InChI=1S/C27H35N7O2/c1-6-33-25(36)21-15-28-26(29-19-11-10-17-13-20(32(4)5)14-18(17)12-19)31-24(21)34(33)23-9-7-8-22(30-23)27(2,3)16-35/h7-12,15,20,25,35-36H,6,13-14,16H2,1-5H3,(H,28,29,31). The second-order valence-corrected chi connectivity index (χ2v) is 10.5. The number of benzene rings is 1. The fourth-order valence-corrected chi connectivity index (χ4v) is 4.91. The van der Waals surface area contributed by atoms with E-state index in [0.717, 1.165) is 24.2 Å². The maximum atomic E-state index is 11.0. The first-order chi connectivity index (χ1) is 17.2. The van der Waals surface area contributed by atoms with E-state index >= 15 is 0 Å². The van der Waals surface area contributed by atoms with Crippen LogP contribution in [0.25, 0.3) is 0 Å². The third kappa shape index (κ3) is 4.32. The predicted octanol–water partition coefficient (Wildman–Crippen LogP) is 3.29. The van der Waals surface area contributed by atoms with Crippen LogP contribution in [0, 0.1) is 0 Å². The van der Waals surface area contributed by atoms with Gasteiger partial charge in [0.1, 0.15) is 5.82 Å². The molecule has 0 saturated carbocycles. The number of rotatable bonds is 7. The van der Waals surface area contributed by atoms with Crippen molar-refractivity contribution in [3.63, 3.8) is 0 Å². The molecular weight excluding hydrogens is 454 g/mol. The van der Waals surface area contributed by atoms with E-state index in [2.05, 4.69) is 47.5 Å². The van der Waals surface area contributed by atoms with Crippen molar-refractivity contribution in [3.05, 3.63) is 65.0 Å². The quantitative estimate of drug-likeness (QED) is 0.461. The monoisotopic (exact) mass is 489 g/mol. The minimum Gasteiger partial charge on any atom is -0.395 e. The normalized spacial score (nSPS) is 19.6. The summed E-state index contributed by atoms with van der Waals surface area (Å²) in [5, 5.41) is 27.9. The molecule has 36 heavy (non-hydrogen) atoms. The van der Waals surface area contributed by atoms with E-state index in [9.17, 15) is 10.2 Å². The number of hydrogen-bond donors (Lipinski definition) is 3. The van der Waals surface area contributed by atoms with Gasteiger partial charge in [-0.25, -0.2) is 15.0 Å². The van der Waals surface area contributed by atoms with Crippen molar-refractivity contribution in [2.75, 3.05) is 37.6 Å². The smallest absolute Gasteiger partial charge is 0.229 e. The molecule has 9 nitrogen and oxygen atoms in total. The highest BCUT2D eigenvalue weighted by molar-refractivity contribution is 5.65. The lowest BCUT2D eigenvalue weighted by molar-refractivity contribution is 0.0200. The number of aliphatic hydroxyl groups excluding tert-OH is 2. The number of hydrogen-bond acceptors (Lipinski definition) is 9. The molecule has 0 saturated heterocycles. The van der Waals surface area contributed by atoms with Gasteiger partial charge in [0.15, 0.2) is 12.0 Å². The topological polar surface area (TPSA) is 101 Å². The van der Waals surface area contributed by atoms with Gasteiger partial charge in [0.25, 0.3) is 0 Å². The third-order valence-corrected chi connectivity index (χ3v) is 7.28. The first-order valence-corrected chi connectivity index (χ1v) is 12.5. The highest BCUT2D eigenvalue weighted by atomic mass is 16.3. The molecule has 190 valence electrons. The Bertz CT molecular complexity index is 1260. The Kier molecular flexibility index (Phi) is 6.42. The van der Waals surface area contributed by atoms with E-state index in [1.807, 2.05) is 44.0 Å². The predicted molar refractivity (Wildman–Crippen MR) is 140 cm³/mol. The summed E-state index contributed by atoms with van der Waals surface area (Å²) in [4.78, 5) is 16.4. The van der Waals surface area contributed by atoms with Gasteiger partial charge in [-0.05, 0) is 62.3 Å². The van der Waals surface area contributed by atoms with Gasteiger partial charge in [0, 0.05) is 29.9 Å². The Labute approximate surface area is 212 Å². The zero-order valence-electron chi connectivity index (χ0n) is 21.6. The van der Waals surface area contributed by atoms with Gasteiger partial charge >= 0.3 is 0 Å². The molecule has 3 heterocycles. The van der Waals surface area contributed by atoms with E-state index < -0.39 is 11.6 Å². The lowest BCUT2D eigenvalue weighted by Gasteiger charge is -2.30. The molecule has 1 aromatic carbocycles. The van der Waals surface area contributed by atoms with E-state index in [4.69, 9.17) is 9.97 Å². The van der Waals surface area contributed by atoms with Gasteiger partial charge in [-0.3, -0.25) is 0 Å². The van der Waals surface area contributed by atoms with Crippen molar-refractivity contribution >= 4 is 23.3 Å². The number of fused-ring (bicyclic) bond motifs is 2. The minimum atomic E-state index is -0.877. The summed E-state index contributed by atoms with van der Waals surface area (Å²) < 4.78 is 0. The summed E-state index contributed by atoms with van der Waals surface area (Å²) in [5.74, 6) is 1.67. The van der Waals surface area contributed by atoms with Crippen molar-refractivity contribution < 1.29 is 10.2 Å². The van der Waals surface area contributed by atoms with Crippen molar-refractivity contribution in [2.45, 2.75) is 51.3 Å². The number of nitrogens with one attached hydrogen (secondary N) is 1. The molecule has 0 spiro atoms. The fraction of sp³-hybridized carbons (Fsp3) is 0.444. The van der Waals surface area contributed by atoms with Gasteiger partial charge in [-0.15, -0.1) is 0 Å². The summed E-state index contributed by atoms with van der Waals surface area (Å²) in [6.45, 7) is 6.40. The number of aromatic nitrogens is 3. The molecule has 0 radical (unpaired) electrons. The number of aliphatic hydroxyl groups is 2. The zero-order chi connectivity index (χ0) is 25.6. The summed E-state index contributed by atoms with van der Waals surface area (Å²) in [7, 11) is 4.26. The SMILES string of the molecule is CCN1C(O)c2cnc(Nc3ccc4c(c3)CC(N(C)C)C4)nc2N1c1cccc(C(C)(C)CO)n1. The summed E-state index contributed by atoms with van der Waals surface area (Å²) in [5.41, 5.74) is 4.57. The van der Waals surface area contributed by atoms with Gasteiger partial charge in [0.2, 0.25) is 5.95 Å². The number of likely N-dealkylation sites (N-methyl/N-ethyl adjacent to an activating group) is 1. The van der Waals surface area contributed by atoms with Gasteiger partial charge in [-0.2, -0.15) is 9.99 Å². The average molecular weight is 490 g/mol. The second-order valence-electron chi connectivity index (χ2n) is 10.5. The Morgan fingerprint density at radius 3 is 2.61 bits per heavy atom. The van der Waals surface area contributed by atoms with Crippen molar-refractivity contribution in [1.82, 2.24) is 24.9 Å². The zero-order valence-corrected chi connectivity index (χ0v) is 21.6. The second kappa shape index (κ2) is 9.40. The van der Waals surface area contributed by atoms with Crippen LogP contribution in [0.5, 0.6) is 0 Å². The van der Waals surface area contributed by atoms with Gasteiger partial charge in [0.05, 0.1) is 17.9 Å². The molecule has 5 rings (SSSR count). The van der Waals surface area contributed by atoms with Crippen molar-refractivity contribution in [2.24, 2.45) is 0 Å². The highest BCUT2D eigenvalue weighted by Gasteiger charge is 2.38. The molecular formula is C27H35N7O2. The molecule has 1 aliphatic heterocycles. The van der Waals surface area contributed by atoms with Crippen LogP contribution >= 0.6 is 0 Å². The van der Waals surface area contributed by atoms with Crippen LogP contribution < -0.4 is 10.3 Å². The lowest BCUT2D eigenvalue weighted by Crippen LogP contribution is -2.37. The lowest BCUT2D eigenvalue weighted by atomic mass is 9.90. The van der Waals surface area contributed by atoms with Crippen LogP contribution in [-0.4, -0.2) is 68.4 Å².